The molecule has 0 amide bonds. The lowest BCUT2D eigenvalue weighted by molar-refractivity contribution is 0.0704. The van der Waals surface area contributed by atoms with Gasteiger partial charge in [0.05, 0.1) is 5.52 Å². The summed E-state index contributed by atoms with van der Waals surface area (Å²) in [6.45, 7) is 0. The van der Waals surface area contributed by atoms with Gasteiger partial charge in [0.25, 0.3) is 0 Å². The molecule has 2 rings (SSSR count). The Morgan fingerprint density at radius 3 is 3.15 bits per heavy atom. The molecule has 0 fully saturated rings. The first-order valence-electron chi connectivity index (χ1n) is 3.47. The van der Waals surface area contributed by atoms with Gasteiger partial charge in [-0.15, -0.1) is 11.3 Å². The van der Waals surface area contributed by atoms with Gasteiger partial charge in [-0.2, -0.15) is 0 Å². The number of aromatic carboxylic acids is 1. The van der Waals surface area contributed by atoms with E-state index in [1.807, 2.05) is 6.26 Å². The van der Waals surface area contributed by atoms with Crippen molar-refractivity contribution in [3.8, 4) is 0 Å². The van der Waals surface area contributed by atoms with Crippen LogP contribution in [0.15, 0.2) is 10.5 Å². The third-order valence-corrected chi connectivity index (χ3v) is 3.14. The first-order chi connectivity index (χ1) is 6.22. The molecular formula is C7H6N2O2S2. The van der Waals surface area contributed by atoms with Crippen molar-refractivity contribution < 1.29 is 9.90 Å². The Kier molecular flexibility index (Phi) is 2.01. The molecule has 0 aliphatic rings. The lowest BCUT2D eigenvalue weighted by Gasteiger charge is -1.85. The van der Waals surface area contributed by atoms with E-state index >= 15 is 0 Å². The van der Waals surface area contributed by atoms with Crippen LogP contribution in [0.2, 0.25) is 0 Å². The van der Waals surface area contributed by atoms with Crippen molar-refractivity contribution in [3.05, 3.63) is 10.3 Å². The monoisotopic (exact) mass is 214 g/mol. The van der Waals surface area contributed by atoms with Crippen molar-refractivity contribution >= 4 is 40.1 Å². The van der Waals surface area contributed by atoms with Crippen molar-refractivity contribution in [1.82, 2.24) is 9.97 Å². The van der Waals surface area contributed by atoms with E-state index in [9.17, 15) is 4.79 Å². The maximum atomic E-state index is 10.7. The number of hydrogen-bond acceptors (Lipinski definition) is 4. The van der Waals surface area contributed by atoms with E-state index in [4.69, 9.17) is 5.11 Å². The first kappa shape index (κ1) is 8.58. The molecule has 0 saturated carbocycles. The summed E-state index contributed by atoms with van der Waals surface area (Å²) in [5.41, 5.74) is 1.36. The molecule has 0 aromatic carbocycles. The van der Waals surface area contributed by atoms with Gasteiger partial charge >= 0.3 is 5.97 Å². The van der Waals surface area contributed by atoms with Gasteiger partial charge in [0.2, 0.25) is 0 Å². The van der Waals surface area contributed by atoms with Gasteiger partial charge in [0.1, 0.15) is 10.4 Å². The average molecular weight is 214 g/mol. The number of hydrogen-bond donors (Lipinski definition) is 2. The summed E-state index contributed by atoms with van der Waals surface area (Å²) in [6, 6.07) is 0. The Morgan fingerprint density at radius 2 is 2.54 bits per heavy atom. The van der Waals surface area contributed by atoms with E-state index in [1.165, 1.54) is 23.1 Å². The lowest BCUT2D eigenvalue weighted by atomic mass is 10.4. The van der Waals surface area contributed by atoms with Crippen molar-refractivity contribution in [2.75, 3.05) is 6.26 Å². The van der Waals surface area contributed by atoms with E-state index in [-0.39, 0.29) is 0 Å². The fraction of sp³-hybridized carbons (Fsp3) is 0.143. The standard InChI is InChI=1S/C7H6N2O2S2/c1-12-7-8-3-2-13-5(6(10)11)4(3)9-7/h2H,1H3,(H,8,9)(H,10,11). The highest BCUT2D eigenvalue weighted by Gasteiger charge is 2.14. The fourth-order valence-corrected chi connectivity index (χ4v) is 2.21. The average Bonchev–Trinajstić information content (AvgIpc) is 2.59. The van der Waals surface area contributed by atoms with Gasteiger partial charge in [-0.25, -0.2) is 9.78 Å². The number of thioether (sulfide) groups is 1. The topological polar surface area (TPSA) is 66.0 Å². The van der Waals surface area contributed by atoms with Crippen LogP contribution >= 0.6 is 23.1 Å². The summed E-state index contributed by atoms with van der Waals surface area (Å²) < 4.78 is 0. The zero-order valence-electron chi connectivity index (χ0n) is 6.70. The summed E-state index contributed by atoms with van der Waals surface area (Å²) in [7, 11) is 0. The minimum Gasteiger partial charge on any atom is -0.477 e. The summed E-state index contributed by atoms with van der Waals surface area (Å²) in [5, 5.41) is 11.3. The highest BCUT2D eigenvalue weighted by molar-refractivity contribution is 7.98. The first-order valence-corrected chi connectivity index (χ1v) is 5.57. The van der Waals surface area contributed by atoms with Crippen LogP contribution in [-0.2, 0) is 0 Å². The Balaban J connectivity index is 2.65. The van der Waals surface area contributed by atoms with Crippen molar-refractivity contribution in [2.45, 2.75) is 5.16 Å². The molecule has 6 heteroatoms. The number of aromatic nitrogens is 2. The number of nitrogens with zero attached hydrogens (tertiary/aromatic N) is 1. The highest BCUT2D eigenvalue weighted by Crippen LogP contribution is 2.25. The lowest BCUT2D eigenvalue weighted by Crippen LogP contribution is -1.91. The molecule has 2 heterocycles. The molecule has 0 spiro atoms. The van der Waals surface area contributed by atoms with Crippen LogP contribution in [-0.4, -0.2) is 27.3 Å². The Morgan fingerprint density at radius 1 is 1.77 bits per heavy atom. The predicted octanol–water partition coefficient (Wildman–Crippen LogP) is 2.04. The maximum absolute atomic E-state index is 10.7. The molecule has 0 atom stereocenters. The molecule has 0 aliphatic heterocycles. The minimum atomic E-state index is -0.917. The largest absolute Gasteiger partial charge is 0.477 e. The summed E-state index contributed by atoms with van der Waals surface area (Å²) in [5.74, 6) is -0.917. The number of thiophene rings is 1. The third-order valence-electron chi connectivity index (χ3n) is 1.61. The molecular weight excluding hydrogens is 208 g/mol. The van der Waals surface area contributed by atoms with E-state index in [1.54, 1.807) is 5.38 Å². The van der Waals surface area contributed by atoms with Gasteiger partial charge < -0.3 is 10.1 Å². The van der Waals surface area contributed by atoms with E-state index in [0.29, 0.717) is 10.4 Å². The zero-order valence-corrected chi connectivity index (χ0v) is 8.33. The second kappa shape index (κ2) is 3.04. The third kappa shape index (κ3) is 1.31. The van der Waals surface area contributed by atoms with Crippen LogP contribution in [0.4, 0.5) is 0 Å². The van der Waals surface area contributed by atoms with Gasteiger partial charge in [-0.3, -0.25) is 0 Å². The van der Waals surface area contributed by atoms with E-state index in [0.717, 1.165) is 10.7 Å². The molecule has 2 aromatic heterocycles. The van der Waals surface area contributed by atoms with Crippen LogP contribution in [0.25, 0.3) is 11.0 Å². The number of carboxylic acid groups (broad SMARTS) is 1. The normalized spacial score (nSPS) is 10.8. The predicted molar refractivity (Wildman–Crippen MR) is 52.7 cm³/mol. The van der Waals surface area contributed by atoms with Gasteiger partial charge in [0.15, 0.2) is 5.16 Å². The van der Waals surface area contributed by atoms with Crippen LogP contribution in [0.3, 0.4) is 0 Å². The molecule has 0 unspecified atom stereocenters. The van der Waals surface area contributed by atoms with Crippen molar-refractivity contribution in [1.29, 1.82) is 0 Å². The zero-order chi connectivity index (χ0) is 9.42. The number of carbonyl (C=O) groups is 1. The molecule has 0 saturated heterocycles. The van der Waals surface area contributed by atoms with Crippen LogP contribution < -0.4 is 0 Å². The summed E-state index contributed by atoms with van der Waals surface area (Å²) in [6.07, 6.45) is 1.89. The van der Waals surface area contributed by atoms with Crippen LogP contribution in [0, 0.1) is 0 Å². The Bertz CT molecular complexity index is 460. The number of fused-ring (bicyclic) bond motifs is 1. The number of carboxylic acids is 1. The number of rotatable bonds is 2. The number of aromatic amines is 1. The molecule has 2 aromatic rings. The SMILES string of the molecule is CSc1nc2c(C(=O)O)scc2[nH]1. The van der Waals surface area contributed by atoms with Gasteiger partial charge in [-0.05, 0) is 6.26 Å². The van der Waals surface area contributed by atoms with E-state index < -0.39 is 5.97 Å². The number of imidazole rings is 1. The number of H-pyrrole nitrogens is 1. The Hall–Kier alpha value is -1.01. The summed E-state index contributed by atoms with van der Waals surface area (Å²) >= 11 is 2.66. The minimum absolute atomic E-state index is 0.298. The molecule has 0 radical (unpaired) electrons. The molecule has 4 nitrogen and oxygen atoms in total. The molecule has 13 heavy (non-hydrogen) atoms. The summed E-state index contributed by atoms with van der Waals surface area (Å²) in [4.78, 5) is 18.2. The molecule has 2 N–H and O–H groups in total. The van der Waals surface area contributed by atoms with Crippen molar-refractivity contribution in [3.63, 3.8) is 0 Å². The maximum Gasteiger partial charge on any atom is 0.348 e. The fourth-order valence-electron chi connectivity index (χ4n) is 1.04. The molecule has 68 valence electrons. The van der Waals surface area contributed by atoms with E-state index in [2.05, 4.69) is 9.97 Å². The van der Waals surface area contributed by atoms with Crippen LogP contribution in [0.5, 0.6) is 0 Å². The second-order valence-corrected chi connectivity index (χ2v) is 4.05. The van der Waals surface area contributed by atoms with Crippen molar-refractivity contribution in [2.24, 2.45) is 0 Å². The number of nitrogens with one attached hydrogen (secondary N) is 1. The molecule has 0 aliphatic carbocycles. The van der Waals surface area contributed by atoms with Gasteiger partial charge in [-0.1, -0.05) is 11.8 Å². The highest BCUT2D eigenvalue weighted by atomic mass is 32.2. The smallest absolute Gasteiger partial charge is 0.348 e. The van der Waals surface area contributed by atoms with Gasteiger partial charge in [0, 0.05) is 5.38 Å². The molecule has 0 bridgehead atoms. The Labute approximate surface area is 82.0 Å². The quantitative estimate of drug-likeness (QED) is 0.751. The second-order valence-electron chi connectivity index (χ2n) is 2.38. The van der Waals surface area contributed by atoms with Crippen LogP contribution in [0.1, 0.15) is 9.67 Å².